The average molecular weight is 483 g/mol. The third-order valence-corrected chi connectivity index (χ3v) is 8.51. The molecule has 0 spiro atoms. The molecule has 3 aromatic rings. The second-order valence-electron chi connectivity index (χ2n) is 9.40. The van der Waals surface area contributed by atoms with Gasteiger partial charge in [-0.05, 0) is 42.5 Å². The smallest absolute Gasteiger partial charge is 0.243 e. The molecule has 1 aliphatic heterocycles. The van der Waals surface area contributed by atoms with Crippen molar-refractivity contribution in [3.63, 3.8) is 0 Å². The van der Waals surface area contributed by atoms with Crippen molar-refractivity contribution in [2.75, 3.05) is 13.1 Å². The summed E-state index contributed by atoms with van der Waals surface area (Å²) in [6, 6.07) is 15.1. The first-order valence-corrected chi connectivity index (χ1v) is 13.5. The van der Waals surface area contributed by atoms with Gasteiger partial charge in [0.1, 0.15) is 5.82 Å². The van der Waals surface area contributed by atoms with E-state index < -0.39 is 10.0 Å². The van der Waals surface area contributed by atoms with Crippen LogP contribution >= 0.6 is 0 Å². The lowest BCUT2D eigenvalue weighted by molar-refractivity contribution is -0.122. The predicted molar refractivity (Wildman–Crippen MR) is 134 cm³/mol. The quantitative estimate of drug-likeness (QED) is 0.522. The predicted octanol–water partition coefficient (Wildman–Crippen LogP) is 4.19. The molecule has 7 nitrogen and oxygen atoms in total. The fourth-order valence-electron chi connectivity index (χ4n) is 4.63. The lowest BCUT2D eigenvalue weighted by Crippen LogP contribution is -2.35. The van der Waals surface area contributed by atoms with Crippen LogP contribution in [0.1, 0.15) is 57.0 Å². The molecule has 0 aliphatic carbocycles. The molecule has 0 bridgehead atoms. The second kappa shape index (κ2) is 10.3. The number of hydrogen-bond acceptors (Lipinski definition) is 4. The van der Waals surface area contributed by atoms with Crippen molar-refractivity contribution < 1.29 is 13.2 Å². The first kappa shape index (κ1) is 24.4. The number of hydrogen-bond donors (Lipinski definition) is 1. The van der Waals surface area contributed by atoms with Gasteiger partial charge in [0.2, 0.25) is 15.9 Å². The van der Waals surface area contributed by atoms with Crippen LogP contribution in [0.25, 0.3) is 11.0 Å². The van der Waals surface area contributed by atoms with Gasteiger partial charge in [-0.3, -0.25) is 4.79 Å². The van der Waals surface area contributed by atoms with E-state index in [4.69, 9.17) is 0 Å². The summed E-state index contributed by atoms with van der Waals surface area (Å²) in [5, 5.41) is 3.16. The maximum atomic E-state index is 13.1. The number of aryl methyl sites for hydroxylation is 2. The Morgan fingerprint density at radius 3 is 2.44 bits per heavy atom. The highest BCUT2D eigenvalue weighted by Crippen LogP contribution is 2.25. The van der Waals surface area contributed by atoms with E-state index in [0.717, 1.165) is 36.2 Å². The van der Waals surface area contributed by atoms with Crippen molar-refractivity contribution in [2.24, 2.45) is 13.0 Å². The van der Waals surface area contributed by atoms with E-state index in [1.54, 1.807) is 16.4 Å². The molecule has 1 atom stereocenters. The van der Waals surface area contributed by atoms with E-state index >= 15 is 0 Å². The monoisotopic (exact) mass is 482 g/mol. The third-order valence-electron chi connectivity index (χ3n) is 6.62. The van der Waals surface area contributed by atoms with E-state index in [1.165, 1.54) is 0 Å². The minimum atomic E-state index is -3.51. The molecule has 1 saturated heterocycles. The molecule has 34 heavy (non-hydrogen) atoms. The third kappa shape index (κ3) is 5.18. The van der Waals surface area contributed by atoms with Gasteiger partial charge in [0.25, 0.3) is 0 Å². The SMILES string of the molecule is CC(C)C(NC(=O)CCc1nc2cc(S(=O)(=O)N3CCCCC3)ccc2n1C)c1ccccc1. The molecule has 1 fully saturated rings. The highest BCUT2D eigenvalue weighted by molar-refractivity contribution is 7.89. The van der Waals surface area contributed by atoms with Crippen LogP contribution in [-0.4, -0.2) is 41.3 Å². The Kier molecular flexibility index (Phi) is 7.38. The van der Waals surface area contributed by atoms with E-state index in [9.17, 15) is 13.2 Å². The van der Waals surface area contributed by atoms with Crippen molar-refractivity contribution in [1.82, 2.24) is 19.2 Å². The van der Waals surface area contributed by atoms with Crippen molar-refractivity contribution in [1.29, 1.82) is 0 Å². The molecule has 0 radical (unpaired) electrons. The summed E-state index contributed by atoms with van der Waals surface area (Å²) in [6.45, 7) is 5.34. The topological polar surface area (TPSA) is 84.3 Å². The zero-order valence-corrected chi connectivity index (χ0v) is 21.0. The standard InChI is InChI=1S/C26H34N4O3S/c1-19(2)26(20-10-6-4-7-11-20)28-25(31)15-14-24-27-22-18-21(12-13-23(22)29(24)3)34(32,33)30-16-8-5-9-17-30/h4,6-7,10-13,18-19,26H,5,8-9,14-17H2,1-3H3,(H,28,31). The van der Waals surface area contributed by atoms with E-state index in [1.807, 2.05) is 48.0 Å². The van der Waals surface area contributed by atoms with Crippen LogP contribution in [0.4, 0.5) is 0 Å². The minimum Gasteiger partial charge on any atom is -0.349 e. The van der Waals surface area contributed by atoms with Gasteiger partial charge in [-0.25, -0.2) is 13.4 Å². The summed E-state index contributed by atoms with van der Waals surface area (Å²) in [6.07, 6.45) is 3.67. The van der Waals surface area contributed by atoms with Gasteiger partial charge in [-0.2, -0.15) is 4.31 Å². The number of nitrogens with zero attached hydrogens (tertiary/aromatic N) is 3. The number of sulfonamides is 1. The first-order chi connectivity index (χ1) is 16.3. The fourth-order valence-corrected chi connectivity index (χ4v) is 6.17. The fraction of sp³-hybridized carbons (Fsp3) is 0.462. The molecular formula is C26H34N4O3S. The molecule has 1 aromatic heterocycles. The Labute approximate surface area is 202 Å². The van der Waals surface area contributed by atoms with E-state index in [-0.39, 0.29) is 22.8 Å². The number of aromatic nitrogens is 2. The summed E-state index contributed by atoms with van der Waals surface area (Å²) < 4.78 is 29.6. The highest BCUT2D eigenvalue weighted by atomic mass is 32.2. The Morgan fingerprint density at radius 2 is 1.76 bits per heavy atom. The van der Waals surface area contributed by atoms with Gasteiger partial charge in [0.05, 0.1) is 22.0 Å². The van der Waals surface area contributed by atoms with Gasteiger partial charge in [-0.1, -0.05) is 50.6 Å². The molecule has 8 heteroatoms. The summed E-state index contributed by atoms with van der Waals surface area (Å²) in [5.74, 6) is 1.00. The van der Waals surface area contributed by atoms with Crippen molar-refractivity contribution in [3.05, 3.63) is 59.9 Å². The largest absolute Gasteiger partial charge is 0.349 e. The molecule has 4 rings (SSSR count). The van der Waals surface area contributed by atoms with Crippen LogP contribution in [-0.2, 0) is 28.3 Å². The number of carbonyl (C=O) groups is 1. The van der Waals surface area contributed by atoms with Crippen molar-refractivity contribution in [2.45, 2.75) is 56.9 Å². The van der Waals surface area contributed by atoms with E-state index in [0.29, 0.717) is 31.4 Å². The summed E-state index contributed by atoms with van der Waals surface area (Å²) in [4.78, 5) is 17.7. The van der Waals surface area contributed by atoms with Gasteiger partial charge in [-0.15, -0.1) is 0 Å². The Hall–Kier alpha value is -2.71. The molecule has 1 aliphatic rings. The molecule has 1 N–H and O–H groups in total. The Bertz CT molecular complexity index is 1250. The van der Waals surface area contributed by atoms with Crippen LogP contribution in [0.3, 0.4) is 0 Å². The van der Waals surface area contributed by atoms with Crippen molar-refractivity contribution in [3.8, 4) is 0 Å². The molecule has 2 heterocycles. The number of imidazole rings is 1. The van der Waals surface area contributed by atoms with E-state index in [2.05, 4.69) is 24.1 Å². The molecule has 1 unspecified atom stereocenters. The number of rotatable bonds is 8. The van der Waals surface area contributed by atoms with Crippen LogP contribution in [0.5, 0.6) is 0 Å². The maximum Gasteiger partial charge on any atom is 0.243 e. The Morgan fingerprint density at radius 1 is 1.06 bits per heavy atom. The van der Waals surface area contributed by atoms with Gasteiger partial charge >= 0.3 is 0 Å². The number of nitrogens with one attached hydrogen (secondary N) is 1. The van der Waals surface area contributed by atoms with Gasteiger partial charge in [0.15, 0.2) is 0 Å². The van der Waals surface area contributed by atoms with Crippen LogP contribution < -0.4 is 5.32 Å². The molecular weight excluding hydrogens is 448 g/mol. The van der Waals surface area contributed by atoms with Crippen LogP contribution in [0, 0.1) is 5.92 Å². The number of carbonyl (C=O) groups excluding carboxylic acids is 1. The lowest BCUT2D eigenvalue weighted by atomic mass is 9.96. The maximum absolute atomic E-state index is 13.1. The second-order valence-corrected chi connectivity index (χ2v) is 11.3. The lowest BCUT2D eigenvalue weighted by Gasteiger charge is -2.25. The van der Waals surface area contributed by atoms with Gasteiger partial charge < -0.3 is 9.88 Å². The number of fused-ring (bicyclic) bond motifs is 1. The Balaban J connectivity index is 1.47. The van der Waals surface area contributed by atoms with Crippen LogP contribution in [0.2, 0.25) is 0 Å². The summed E-state index contributed by atoms with van der Waals surface area (Å²) >= 11 is 0. The first-order valence-electron chi connectivity index (χ1n) is 12.1. The van der Waals surface area contributed by atoms with Gasteiger partial charge in [0, 0.05) is 33.0 Å². The molecule has 0 saturated carbocycles. The highest BCUT2D eigenvalue weighted by Gasteiger charge is 2.26. The van der Waals surface area contributed by atoms with Crippen molar-refractivity contribution >= 4 is 27.0 Å². The number of benzene rings is 2. The zero-order chi connectivity index (χ0) is 24.3. The number of amides is 1. The summed E-state index contributed by atoms with van der Waals surface area (Å²) in [5.41, 5.74) is 2.59. The number of piperidine rings is 1. The minimum absolute atomic E-state index is 0.0250. The summed E-state index contributed by atoms with van der Waals surface area (Å²) in [7, 11) is -1.61. The molecule has 2 aromatic carbocycles. The molecule has 182 valence electrons. The molecule has 1 amide bonds. The zero-order valence-electron chi connectivity index (χ0n) is 20.2. The van der Waals surface area contributed by atoms with Crippen LogP contribution in [0.15, 0.2) is 53.4 Å². The average Bonchev–Trinajstić information content (AvgIpc) is 3.17. The normalized spacial score (nSPS) is 16.1.